The molecule has 1 aromatic carbocycles. The molecule has 2 rings (SSSR count). The molecule has 3 heteroatoms. The van der Waals surface area contributed by atoms with Crippen LogP contribution in [0.25, 0.3) is 11.3 Å². The summed E-state index contributed by atoms with van der Waals surface area (Å²) in [5.74, 6) is 1.01. The van der Waals surface area contributed by atoms with E-state index in [9.17, 15) is 0 Å². The highest BCUT2D eigenvalue weighted by atomic mass is 32.0. The van der Waals surface area contributed by atoms with Crippen molar-refractivity contribution in [1.82, 2.24) is 4.98 Å². The Morgan fingerprint density at radius 3 is 2.05 bits per heavy atom. The van der Waals surface area contributed by atoms with E-state index in [2.05, 4.69) is 73.0 Å². The Labute approximate surface area is 132 Å². The van der Waals surface area contributed by atoms with Gasteiger partial charge in [0.2, 0.25) is 0 Å². The lowest BCUT2D eigenvalue weighted by Gasteiger charge is -2.19. The van der Waals surface area contributed by atoms with Gasteiger partial charge in [-0.15, -0.1) is 8.93 Å². The van der Waals surface area contributed by atoms with Gasteiger partial charge in [0, 0.05) is 17.4 Å². The van der Waals surface area contributed by atoms with Crippen LogP contribution in [0.4, 0.5) is 0 Å². The average molecular weight is 317 g/mol. The molecule has 1 nitrogen and oxygen atoms in total. The molecule has 0 aliphatic heterocycles. The maximum atomic E-state index is 4.91. The molecule has 0 fully saturated rings. The minimum absolute atomic E-state index is 0.507. The summed E-state index contributed by atoms with van der Waals surface area (Å²) in [5, 5.41) is 0. The third kappa shape index (κ3) is 3.91. The molecule has 0 saturated heterocycles. The van der Waals surface area contributed by atoms with Crippen LogP contribution in [-0.2, 0) is 6.16 Å². The molecular formula is C18H25NP2. The van der Waals surface area contributed by atoms with Crippen LogP contribution in [0.5, 0.6) is 0 Å². The lowest BCUT2D eigenvalue weighted by atomic mass is 9.87. The highest BCUT2D eigenvalue weighted by molar-refractivity contribution is 8.02. The van der Waals surface area contributed by atoms with Crippen LogP contribution in [0.15, 0.2) is 36.4 Å². The first-order valence-corrected chi connectivity index (χ1v) is 10.6. The molecule has 1 aromatic heterocycles. The van der Waals surface area contributed by atoms with Gasteiger partial charge in [0.1, 0.15) is 0 Å². The standard InChI is InChI=1S/C18H25NP2/c1-12(2)15-8-6-9-16(13(3)4)18(15)17-10-5-7-14(19-17)11-21-20/h5-10,12-13,21H,11,20H2,1-4H3. The summed E-state index contributed by atoms with van der Waals surface area (Å²) in [4.78, 5) is 4.91. The van der Waals surface area contributed by atoms with Crippen molar-refractivity contribution in [3.05, 3.63) is 53.2 Å². The molecule has 0 spiro atoms. The monoisotopic (exact) mass is 317 g/mol. The first kappa shape index (κ1) is 16.6. The summed E-state index contributed by atoms with van der Waals surface area (Å²) in [5.41, 5.74) is 6.47. The molecule has 0 N–H and O–H groups in total. The van der Waals surface area contributed by atoms with Gasteiger partial charge >= 0.3 is 0 Å². The third-order valence-corrected chi connectivity index (χ3v) is 4.90. The summed E-state index contributed by atoms with van der Waals surface area (Å²) in [7, 11) is 3.64. The normalized spacial score (nSPS) is 12.0. The van der Waals surface area contributed by atoms with Gasteiger partial charge in [-0.3, -0.25) is 4.98 Å². The molecule has 2 unspecified atom stereocenters. The van der Waals surface area contributed by atoms with E-state index in [4.69, 9.17) is 4.98 Å². The van der Waals surface area contributed by atoms with E-state index in [-0.39, 0.29) is 0 Å². The molecule has 0 aliphatic rings. The van der Waals surface area contributed by atoms with Crippen LogP contribution in [0.1, 0.15) is 56.4 Å². The van der Waals surface area contributed by atoms with E-state index in [0.29, 0.717) is 11.8 Å². The molecular weight excluding hydrogens is 292 g/mol. The van der Waals surface area contributed by atoms with Crippen LogP contribution in [0.2, 0.25) is 0 Å². The predicted molar refractivity (Wildman–Crippen MR) is 99.6 cm³/mol. The van der Waals surface area contributed by atoms with Crippen LogP contribution in [0, 0.1) is 0 Å². The lowest BCUT2D eigenvalue weighted by Crippen LogP contribution is -2.01. The van der Waals surface area contributed by atoms with Gasteiger partial charge in [0.05, 0.1) is 5.69 Å². The van der Waals surface area contributed by atoms with Gasteiger partial charge < -0.3 is 0 Å². The number of hydrogen-bond donors (Lipinski definition) is 0. The smallest absolute Gasteiger partial charge is 0.0711 e. The Bertz CT molecular complexity index is 580. The van der Waals surface area contributed by atoms with Gasteiger partial charge in [0.25, 0.3) is 0 Å². The number of hydrogen-bond acceptors (Lipinski definition) is 1. The van der Waals surface area contributed by atoms with Crippen molar-refractivity contribution in [2.45, 2.75) is 45.7 Å². The fourth-order valence-electron chi connectivity index (χ4n) is 2.67. The Kier molecular flexibility index (Phi) is 5.91. The van der Waals surface area contributed by atoms with Crippen LogP contribution < -0.4 is 0 Å². The molecule has 0 bridgehead atoms. The van der Waals surface area contributed by atoms with E-state index in [0.717, 1.165) is 20.1 Å². The second-order valence-electron chi connectivity index (χ2n) is 6.02. The van der Waals surface area contributed by atoms with E-state index in [1.165, 1.54) is 22.4 Å². The number of rotatable bonds is 5. The maximum Gasteiger partial charge on any atom is 0.0711 e. The topological polar surface area (TPSA) is 12.9 Å². The van der Waals surface area contributed by atoms with Crippen molar-refractivity contribution in [1.29, 1.82) is 0 Å². The summed E-state index contributed by atoms with van der Waals surface area (Å²) in [6, 6.07) is 13.1. The minimum Gasteiger partial charge on any atom is -0.252 e. The predicted octanol–water partition coefficient (Wildman–Crippen LogP) is 5.96. The van der Waals surface area contributed by atoms with Crippen molar-refractivity contribution < 1.29 is 0 Å². The Hall–Kier alpha value is -0.770. The van der Waals surface area contributed by atoms with Crippen molar-refractivity contribution in [3.8, 4) is 11.3 Å². The fraction of sp³-hybridized carbons (Fsp3) is 0.389. The molecule has 1 heterocycles. The van der Waals surface area contributed by atoms with Crippen molar-refractivity contribution >= 4 is 17.2 Å². The zero-order valence-corrected chi connectivity index (χ0v) is 15.5. The van der Waals surface area contributed by atoms with Gasteiger partial charge in [0.15, 0.2) is 0 Å². The van der Waals surface area contributed by atoms with Crippen molar-refractivity contribution in [2.24, 2.45) is 0 Å². The van der Waals surface area contributed by atoms with E-state index < -0.39 is 0 Å². The maximum absolute atomic E-state index is 4.91. The number of nitrogens with zero attached hydrogens (tertiary/aromatic N) is 1. The Balaban J connectivity index is 2.63. The molecule has 0 amide bonds. The molecule has 0 radical (unpaired) electrons. The lowest BCUT2D eigenvalue weighted by molar-refractivity contribution is 0.836. The van der Waals surface area contributed by atoms with Crippen LogP contribution >= 0.6 is 17.2 Å². The first-order valence-electron chi connectivity index (χ1n) is 7.57. The summed E-state index contributed by atoms with van der Waals surface area (Å²) < 4.78 is 0. The minimum atomic E-state index is 0.507. The average Bonchev–Trinajstić information content (AvgIpc) is 2.47. The van der Waals surface area contributed by atoms with Crippen molar-refractivity contribution in [2.75, 3.05) is 0 Å². The van der Waals surface area contributed by atoms with Gasteiger partial charge in [-0.1, -0.05) is 60.2 Å². The van der Waals surface area contributed by atoms with Gasteiger partial charge in [-0.05, 0) is 35.1 Å². The SMILES string of the molecule is CC(C)c1cccc(C(C)C)c1-c1cccc(CPP)n1. The molecule has 21 heavy (non-hydrogen) atoms. The zero-order chi connectivity index (χ0) is 15.4. The first-order chi connectivity index (χ1) is 10.0. The summed E-state index contributed by atoms with van der Waals surface area (Å²) in [6.07, 6.45) is 1.04. The van der Waals surface area contributed by atoms with Crippen LogP contribution in [-0.4, -0.2) is 4.98 Å². The van der Waals surface area contributed by atoms with E-state index >= 15 is 0 Å². The number of benzene rings is 1. The van der Waals surface area contributed by atoms with E-state index in [1.807, 2.05) is 0 Å². The second-order valence-corrected chi connectivity index (χ2v) is 8.00. The molecule has 2 aromatic rings. The molecule has 112 valence electrons. The summed E-state index contributed by atoms with van der Waals surface area (Å²) >= 11 is 0. The van der Waals surface area contributed by atoms with Gasteiger partial charge in [-0.2, -0.15) is 0 Å². The Morgan fingerprint density at radius 2 is 1.52 bits per heavy atom. The highest BCUT2D eigenvalue weighted by Crippen LogP contribution is 2.35. The summed E-state index contributed by atoms with van der Waals surface area (Å²) in [6.45, 7) is 9.04. The highest BCUT2D eigenvalue weighted by Gasteiger charge is 2.16. The Morgan fingerprint density at radius 1 is 0.952 bits per heavy atom. The van der Waals surface area contributed by atoms with Crippen molar-refractivity contribution in [3.63, 3.8) is 0 Å². The largest absolute Gasteiger partial charge is 0.252 e. The quantitative estimate of drug-likeness (QED) is 0.620. The van der Waals surface area contributed by atoms with E-state index in [1.54, 1.807) is 0 Å². The molecule has 2 atom stereocenters. The molecule has 0 saturated carbocycles. The van der Waals surface area contributed by atoms with Crippen LogP contribution in [0.3, 0.4) is 0 Å². The second kappa shape index (κ2) is 7.48. The number of aromatic nitrogens is 1. The number of pyridine rings is 1. The zero-order valence-electron chi connectivity index (χ0n) is 13.4. The fourth-order valence-corrected chi connectivity index (χ4v) is 3.70. The van der Waals surface area contributed by atoms with Gasteiger partial charge in [-0.25, -0.2) is 0 Å². The molecule has 0 aliphatic carbocycles. The third-order valence-electron chi connectivity index (χ3n) is 3.72.